The Morgan fingerprint density at radius 3 is 2.08 bits per heavy atom. The van der Waals surface area contributed by atoms with Gasteiger partial charge >= 0.3 is 5.97 Å². The summed E-state index contributed by atoms with van der Waals surface area (Å²) in [4.78, 5) is 10.4. The third-order valence-electron chi connectivity index (χ3n) is 4.59. The fourth-order valence-corrected chi connectivity index (χ4v) is 3.01. The molecule has 0 aliphatic heterocycles. The summed E-state index contributed by atoms with van der Waals surface area (Å²) < 4.78 is 0. The van der Waals surface area contributed by atoms with Gasteiger partial charge in [0.25, 0.3) is 0 Å². The number of hydrogen-bond donors (Lipinski definition) is 4. The molecule has 1 fully saturated rings. The standard InChI is InChI=1S/C21H32O5/c22-18(17-11-6-5-7-12-17)13-8-3-1-2-4-9-14-19(23)20(24)15-10-16-21(25)26/h1-4,8-9,13-14,17-20,22-24H,5-7,10-12,15-16H2,(H,25,26)/b3-1-,4-2+,13-8+,14-9+/t18?,19-,20+/m1/s1. The maximum absolute atomic E-state index is 10.4. The lowest BCUT2D eigenvalue weighted by molar-refractivity contribution is -0.137. The summed E-state index contributed by atoms with van der Waals surface area (Å²) >= 11 is 0. The lowest BCUT2D eigenvalue weighted by atomic mass is 9.85. The van der Waals surface area contributed by atoms with E-state index in [0.29, 0.717) is 12.3 Å². The second kappa shape index (κ2) is 13.5. The summed E-state index contributed by atoms with van der Waals surface area (Å²) in [7, 11) is 0. The summed E-state index contributed by atoms with van der Waals surface area (Å²) in [5.74, 6) is -0.521. The Hall–Kier alpha value is -1.69. The summed E-state index contributed by atoms with van der Waals surface area (Å²) in [6, 6.07) is 0. The minimum atomic E-state index is -1.01. The van der Waals surface area contributed by atoms with Crippen LogP contribution in [0, 0.1) is 5.92 Å². The van der Waals surface area contributed by atoms with Crippen molar-refractivity contribution in [3.8, 4) is 0 Å². The number of aliphatic carboxylic acids is 1. The van der Waals surface area contributed by atoms with Crippen molar-refractivity contribution in [1.82, 2.24) is 0 Å². The molecule has 1 saturated carbocycles. The molecule has 1 aliphatic carbocycles. The van der Waals surface area contributed by atoms with Gasteiger partial charge in [0.2, 0.25) is 0 Å². The Labute approximate surface area is 156 Å². The van der Waals surface area contributed by atoms with Gasteiger partial charge in [0, 0.05) is 6.42 Å². The summed E-state index contributed by atoms with van der Waals surface area (Å²) in [6.07, 6.45) is 18.1. The Bertz CT molecular complexity index is 501. The lowest BCUT2D eigenvalue weighted by Gasteiger charge is -2.24. The van der Waals surface area contributed by atoms with E-state index in [9.17, 15) is 20.1 Å². The second-order valence-corrected chi connectivity index (χ2v) is 6.77. The van der Waals surface area contributed by atoms with Gasteiger partial charge in [0.05, 0.1) is 18.3 Å². The zero-order valence-corrected chi connectivity index (χ0v) is 15.3. The van der Waals surface area contributed by atoms with E-state index in [4.69, 9.17) is 5.11 Å². The van der Waals surface area contributed by atoms with Gasteiger partial charge in [-0.15, -0.1) is 0 Å². The van der Waals surface area contributed by atoms with Crippen molar-refractivity contribution in [2.45, 2.75) is 69.7 Å². The highest BCUT2D eigenvalue weighted by molar-refractivity contribution is 5.66. The van der Waals surface area contributed by atoms with E-state index < -0.39 is 18.2 Å². The predicted octanol–water partition coefficient (Wildman–Crippen LogP) is 3.13. The molecule has 0 aromatic carbocycles. The molecular formula is C21H32O5. The van der Waals surface area contributed by atoms with Crippen LogP contribution in [0.1, 0.15) is 51.4 Å². The minimum Gasteiger partial charge on any atom is -0.481 e. The highest BCUT2D eigenvalue weighted by Crippen LogP contribution is 2.26. The van der Waals surface area contributed by atoms with Crippen molar-refractivity contribution in [3.05, 3.63) is 48.6 Å². The number of aliphatic hydroxyl groups excluding tert-OH is 3. The van der Waals surface area contributed by atoms with Gasteiger partial charge in [-0.2, -0.15) is 0 Å². The topological polar surface area (TPSA) is 98.0 Å². The maximum atomic E-state index is 10.4. The van der Waals surface area contributed by atoms with Gasteiger partial charge in [-0.1, -0.05) is 67.9 Å². The molecule has 1 unspecified atom stereocenters. The molecule has 1 aliphatic rings. The molecule has 146 valence electrons. The third kappa shape index (κ3) is 10.3. The molecule has 26 heavy (non-hydrogen) atoms. The molecule has 0 spiro atoms. The Balaban J connectivity index is 2.23. The molecular weight excluding hydrogens is 332 g/mol. The molecule has 0 bridgehead atoms. The number of aliphatic hydroxyl groups is 3. The van der Waals surface area contributed by atoms with Crippen LogP contribution in [0.4, 0.5) is 0 Å². The quantitative estimate of drug-likeness (QED) is 0.422. The summed E-state index contributed by atoms with van der Waals surface area (Å²) in [6.45, 7) is 0. The highest BCUT2D eigenvalue weighted by Gasteiger charge is 2.19. The molecule has 0 amide bonds. The predicted molar refractivity (Wildman–Crippen MR) is 103 cm³/mol. The van der Waals surface area contributed by atoms with Crippen molar-refractivity contribution < 1.29 is 25.2 Å². The van der Waals surface area contributed by atoms with E-state index in [1.165, 1.54) is 25.3 Å². The monoisotopic (exact) mass is 364 g/mol. The Morgan fingerprint density at radius 2 is 1.46 bits per heavy atom. The van der Waals surface area contributed by atoms with E-state index >= 15 is 0 Å². The van der Waals surface area contributed by atoms with Crippen LogP contribution in [0.5, 0.6) is 0 Å². The van der Waals surface area contributed by atoms with Gasteiger partial charge in [0.1, 0.15) is 0 Å². The molecule has 4 N–H and O–H groups in total. The normalized spacial score (nSPS) is 20.4. The number of rotatable bonds is 11. The average Bonchev–Trinajstić information content (AvgIpc) is 2.63. The SMILES string of the molecule is O=C(O)CCC[C@H](O)[C@H](O)/C=C/C=C/C=C\C=C\C(O)C1CCCCC1. The smallest absolute Gasteiger partial charge is 0.303 e. The summed E-state index contributed by atoms with van der Waals surface area (Å²) in [5, 5.41) is 38.0. The van der Waals surface area contributed by atoms with E-state index in [1.54, 1.807) is 18.2 Å². The Morgan fingerprint density at radius 1 is 0.885 bits per heavy atom. The third-order valence-corrected chi connectivity index (χ3v) is 4.59. The fraction of sp³-hybridized carbons (Fsp3) is 0.571. The number of carbonyl (C=O) groups is 1. The van der Waals surface area contributed by atoms with Gasteiger partial charge in [-0.3, -0.25) is 4.79 Å². The van der Waals surface area contributed by atoms with Gasteiger partial charge < -0.3 is 20.4 Å². The Kier molecular flexibility index (Phi) is 11.6. The van der Waals surface area contributed by atoms with Crippen molar-refractivity contribution in [2.24, 2.45) is 5.92 Å². The van der Waals surface area contributed by atoms with Crippen LogP contribution in [0.25, 0.3) is 0 Å². The number of hydrogen-bond acceptors (Lipinski definition) is 4. The van der Waals surface area contributed by atoms with E-state index in [1.807, 2.05) is 24.3 Å². The highest BCUT2D eigenvalue weighted by atomic mass is 16.4. The van der Waals surface area contributed by atoms with Gasteiger partial charge in [-0.25, -0.2) is 0 Å². The van der Waals surface area contributed by atoms with Crippen molar-refractivity contribution >= 4 is 5.97 Å². The van der Waals surface area contributed by atoms with Gasteiger partial charge in [-0.05, 0) is 31.6 Å². The van der Waals surface area contributed by atoms with Gasteiger partial charge in [0.15, 0.2) is 0 Å². The fourth-order valence-electron chi connectivity index (χ4n) is 3.01. The van der Waals surface area contributed by atoms with Crippen molar-refractivity contribution in [1.29, 1.82) is 0 Å². The van der Waals surface area contributed by atoms with Crippen LogP contribution in [0.3, 0.4) is 0 Å². The molecule has 0 radical (unpaired) electrons. The molecule has 3 atom stereocenters. The first-order chi connectivity index (χ1) is 12.5. The average molecular weight is 364 g/mol. The number of allylic oxidation sites excluding steroid dienone is 6. The van der Waals surface area contributed by atoms with Crippen LogP contribution in [0.2, 0.25) is 0 Å². The molecule has 0 aromatic heterocycles. The first-order valence-electron chi connectivity index (χ1n) is 9.45. The number of carboxylic acid groups (broad SMARTS) is 1. The summed E-state index contributed by atoms with van der Waals surface area (Å²) in [5.41, 5.74) is 0. The minimum absolute atomic E-state index is 0.0127. The van der Waals surface area contributed by atoms with E-state index in [-0.39, 0.29) is 18.9 Å². The molecule has 5 nitrogen and oxygen atoms in total. The van der Waals surface area contributed by atoms with E-state index in [0.717, 1.165) is 12.8 Å². The zero-order valence-electron chi connectivity index (χ0n) is 15.3. The van der Waals surface area contributed by atoms with Crippen LogP contribution in [0.15, 0.2) is 48.6 Å². The molecule has 5 heteroatoms. The van der Waals surface area contributed by atoms with E-state index in [2.05, 4.69) is 0 Å². The largest absolute Gasteiger partial charge is 0.481 e. The maximum Gasteiger partial charge on any atom is 0.303 e. The van der Waals surface area contributed by atoms with Crippen LogP contribution >= 0.6 is 0 Å². The first-order valence-corrected chi connectivity index (χ1v) is 9.45. The zero-order chi connectivity index (χ0) is 19.2. The molecule has 1 rings (SSSR count). The van der Waals surface area contributed by atoms with Crippen LogP contribution in [-0.2, 0) is 4.79 Å². The van der Waals surface area contributed by atoms with Crippen molar-refractivity contribution in [2.75, 3.05) is 0 Å². The van der Waals surface area contributed by atoms with Crippen molar-refractivity contribution in [3.63, 3.8) is 0 Å². The van der Waals surface area contributed by atoms with Crippen LogP contribution < -0.4 is 0 Å². The molecule has 0 saturated heterocycles. The lowest BCUT2D eigenvalue weighted by Crippen LogP contribution is -2.23. The van der Waals surface area contributed by atoms with Crippen LogP contribution in [-0.4, -0.2) is 44.7 Å². The second-order valence-electron chi connectivity index (χ2n) is 6.77. The molecule has 0 heterocycles. The number of carboxylic acids is 1. The molecule has 0 aromatic rings. The first kappa shape index (κ1) is 22.4.